The Labute approximate surface area is 78.3 Å². The summed E-state index contributed by atoms with van der Waals surface area (Å²) in [6.07, 6.45) is 3.21. The Morgan fingerprint density at radius 1 is 1.31 bits per heavy atom. The number of amides is 1. The second kappa shape index (κ2) is 4.45. The normalized spacial score (nSPS) is 10.3. The Kier molecular flexibility index (Phi) is 3.26. The van der Waals surface area contributed by atoms with Gasteiger partial charge in [0.25, 0.3) is 0 Å². The number of anilines is 1. The molecule has 2 heteroatoms. The summed E-state index contributed by atoms with van der Waals surface area (Å²) in [4.78, 5) is 11.1. The number of nitrogens with one attached hydrogen (secondary N) is 1. The monoisotopic (exact) mass is 175 g/mol. The molecule has 1 amide bonds. The quantitative estimate of drug-likeness (QED) is 0.687. The average Bonchev–Trinajstić information content (AvgIpc) is 2.09. The minimum absolute atomic E-state index is 0.0913. The lowest BCUT2D eigenvalue weighted by Crippen LogP contribution is -2.07. The van der Waals surface area contributed by atoms with Crippen LogP contribution >= 0.6 is 0 Å². The Morgan fingerprint density at radius 3 is 2.46 bits per heavy atom. The molecule has 0 aliphatic heterocycles. The summed E-state index contributed by atoms with van der Waals surface area (Å²) in [7, 11) is 0. The molecule has 1 rings (SSSR count). The molecule has 0 heterocycles. The highest BCUT2D eigenvalue weighted by Crippen LogP contribution is 2.08. The lowest BCUT2D eigenvalue weighted by Gasteiger charge is -2.01. The zero-order valence-electron chi connectivity index (χ0n) is 7.87. The van der Waals surface area contributed by atoms with Crippen molar-refractivity contribution in [2.45, 2.75) is 13.8 Å². The van der Waals surface area contributed by atoms with Crippen molar-refractivity contribution in [3.8, 4) is 0 Å². The fourth-order valence-corrected chi connectivity index (χ4v) is 0.972. The van der Waals surface area contributed by atoms with E-state index in [2.05, 4.69) is 5.32 Å². The van der Waals surface area contributed by atoms with Crippen molar-refractivity contribution in [3.05, 3.63) is 42.0 Å². The lowest BCUT2D eigenvalue weighted by molar-refractivity contribution is -0.111. The molecule has 0 aliphatic rings. The Bertz CT molecular complexity index is 311. The highest BCUT2D eigenvalue weighted by molar-refractivity contribution is 5.99. The first-order valence-corrected chi connectivity index (χ1v) is 4.22. The van der Waals surface area contributed by atoms with Gasteiger partial charge in [-0.05, 0) is 32.1 Å². The Balaban J connectivity index is 2.64. The minimum Gasteiger partial charge on any atom is -0.323 e. The molecule has 13 heavy (non-hydrogen) atoms. The van der Waals surface area contributed by atoms with Gasteiger partial charge in [-0.25, -0.2) is 0 Å². The summed E-state index contributed by atoms with van der Waals surface area (Å²) in [5.41, 5.74) is 2.01. The second-order valence-corrected chi connectivity index (χ2v) is 2.86. The van der Waals surface area contributed by atoms with E-state index < -0.39 is 0 Å². The Hall–Kier alpha value is -1.57. The molecule has 0 bridgehead atoms. The van der Waals surface area contributed by atoms with E-state index in [4.69, 9.17) is 0 Å². The van der Waals surface area contributed by atoms with E-state index in [1.54, 1.807) is 6.08 Å². The third kappa shape index (κ3) is 3.11. The molecule has 0 radical (unpaired) electrons. The van der Waals surface area contributed by atoms with Crippen LogP contribution in [0.4, 0.5) is 5.69 Å². The highest BCUT2D eigenvalue weighted by Gasteiger charge is 1.95. The molecule has 0 saturated carbocycles. The van der Waals surface area contributed by atoms with E-state index in [0.717, 1.165) is 5.69 Å². The maximum absolute atomic E-state index is 11.1. The standard InChI is InChI=1S/C11H13NO/c1-3-4-11(13)12-10-7-5-9(2)6-8-10/h3-8H,1-2H3,(H,12,13)/b4-3+. The number of allylic oxidation sites excluding steroid dienone is 1. The van der Waals surface area contributed by atoms with Gasteiger partial charge in [0.2, 0.25) is 5.91 Å². The summed E-state index contributed by atoms with van der Waals surface area (Å²) < 4.78 is 0. The van der Waals surface area contributed by atoms with E-state index in [1.807, 2.05) is 38.1 Å². The number of hydrogen-bond acceptors (Lipinski definition) is 1. The summed E-state index contributed by atoms with van der Waals surface area (Å²) in [6, 6.07) is 7.70. The molecule has 0 fully saturated rings. The molecule has 1 aromatic rings. The fraction of sp³-hybridized carbons (Fsp3) is 0.182. The first-order chi connectivity index (χ1) is 6.22. The fourth-order valence-electron chi connectivity index (χ4n) is 0.972. The molecule has 0 spiro atoms. The average molecular weight is 175 g/mol. The SMILES string of the molecule is C/C=C/C(=O)Nc1ccc(C)cc1. The van der Waals surface area contributed by atoms with Gasteiger partial charge < -0.3 is 5.32 Å². The largest absolute Gasteiger partial charge is 0.323 e. The van der Waals surface area contributed by atoms with Crippen LogP contribution < -0.4 is 5.32 Å². The third-order valence-corrected chi connectivity index (χ3v) is 1.64. The Morgan fingerprint density at radius 2 is 1.92 bits per heavy atom. The van der Waals surface area contributed by atoms with E-state index in [1.165, 1.54) is 11.6 Å². The van der Waals surface area contributed by atoms with Crippen LogP contribution in [0.3, 0.4) is 0 Å². The van der Waals surface area contributed by atoms with E-state index in [0.29, 0.717) is 0 Å². The first kappa shape index (κ1) is 9.52. The van der Waals surface area contributed by atoms with Gasteiger partial charge in [-0.3, -0.25) is 4.79 Å². The number of benzene rings is 1. The van der Waals surface area contributed by atoms with Crippen molar-refractivity contribution in [3.63, 3.8) is 0 Å². The summed E-state index contributed by atoms with van der Waals surface area (Å²) >= 11 is 0. The molecular weight excluding hydrogens is 162 g/mol. The molecule has 0 atom stereocenters. The van der Waals surface area contributed by atoms with Crippen LogP contribution in [0.25, 0.3) is 0 Å². The van der Waals surface area contributed by atoms with Crippen LogP contribution in [0.1, 0.15) is 12.5 Å². The van der Waals surface area contributed by atoms with Crippen LogP contribution in [0.15, 0.2) is 36.4 Å². The van der Waals surface area contributed by atoms with Crippen molar-refractivity contribution in [1.29, 1.82) is 0 Å². The van der Waals surface area contributed by atoms with Gasteiger partial charge in [-0.15, -0.1) is 0 Å². The van der Waals surface area contributed by atoms with Crippen LogP contribution in [0, 0.1) is 6.92 Å². The molecule has 68 valence electrons. The van der Waals surface area contributed by atoms with Crippen molar-refractivity contribution >= 4 is 11.6 Å². The molecule has 0 unspecified atom stereocenters. The summed E-state index contributed by atoms with van der Waals surface area (Å²) in [5, 5.41) is 2.74. The van der Waals surface area contributed by atoms with Gasteiger partial charge in [0.05, 0.1) is 0 Å². The van der Waals surface area contributed by atoms with Crippen molar-refractivity contribution in [2.75, 3.05) is 5.32 Å². The third-order valence-electron chi connectivity index (χ3n) is 1.64. The number of carbonyl (C=O) groups excluding carboxylic acids is 1. The maximum atomic E-state index is 11.1. The first-order valence-electron chi connectivity index (χ1n) is 4.22. The molecule has 0 aliphatic carbocycles. The predicted molar refractivity (Wildman–Crippen MR) is 54.6 cm³/mol. The van der Waals surface area contributed by atoms with Gasteiger partial charge >= 0.3 is 0 Å². The van der Waals surface area contributed by atoms with Gasteiger partial charge in [0, 0.05) is 5.69 Å². The predicted octanol–water partition coefficient (Wildman–Crippen LogP) is 2.51. The van der Waals surface area contributed by atoms with Crippen molar-refractivity contribution < 1.29 is 4.79 Å². The molecule has 1 N–H and O–H groups in total. The number of rotatable bonds is 2. The van der Waals surface area contributed by atoms with Crippen LogP contribution in [0.5, 0.6) is 0 Å². The van der Waals surface area contributed by atoms with Gasteiger partial charge in [-0.2, -0.15) is 0 Å². The second-order valence-electron chi connectivity index (χ2n) is 2.86. The molecular formula is C11H13NO. The minimum atomic E-state index is -0.0913. The summed E-state index contributed by atoms with van der Waals surface area (Å²) in [5.74, 6) is -0.0913. The molecule has 1 aromatic carbocycles. The smallest absolute Gasteiger partial charge is 0.248 e. The van der Waals surface area contributed by atoms with Crippen LogP contribution in [-0.2, 0) is 4.79 Å². The number of hydrogen-bond donors (Lipinski definition) is 1. The number of carbonyl (C=O) groups is 1. The van der Waals surface area contributed by atoms with Gasteiger partial charge in [-0.1, -0.05) is 23.8 Å². The van der Waals surface area contributed by atoms with E-state index >= 15 is 0 Å². The van der Waals surface area contributed by atoms with Crippen molar-refractivity contribution in [1.82, 2.24) is 0 Å². The van der Waals surface area contributed by atoms with Crippen LogP contribution in [-0.4, -0.2) is 5.91 Å². The molecule has 0 aromatic heterocycles. The lowest BCUT2D eigenvalue weighted by atomic mass is 10.2. The topological polar surface area (TPSA) is 29.1 Å². The van der Waals surface area contributed by atoms with Crippen molar-refractivity contribution in [2.24, 2.45) is 0 Å². The molecule has 2 nitrogen and oxygen atoms in total. The summed E-state index contributed by atoms with van der Waals surface area (Å²) in [6.45, 7) is 3.83. The number of aryl methyl sites for hydroxylation is 1. The zero-order chi connectivity index (χ0) is 9.68. The maximum Gasteiger partial charge on any atom is 0.248 e. The van der Waals surface area contributed by atoms with E-state index in [-0.39, 0.29) is 5.91 Å². The van der Waals surface area contributed by atoms with Gasteiger partial charge in [0.1, 0.15) is 0 Å². The highest BCUT2D eigenvalue weighted by atomic mass is 16.1. The van der Waals surface area contributed by atoms with Gasteiger partial charge in [0.15, 0.2) is 0 Å². The molecule has 0 saturated heterocycles. The zero-order valence-corrected chi connectivity index (χ0v) is 7.87. The van der Waals surface area contributed by atoms with E-state index in [9.17, 15) is 4.79 Å². The van der Waals surface area contributed by atoms with Crippen LogP contribution in [0.2, 0.25) is 0 Å².